The number of nitrogens with zero attached hydrogens (tertiary/aromatic N) is 1. The smallest absolute Gasteiger partial charge is 0.0568 e. The van der Waals surface area contributed by atoms with Crippen LogP contribution in [0.5, 0.6) is 0 Å². The molecule has 2 heteroatoms. The number of aryl methyl sites for hydroxylation is 2. The maximum absolute atomic E-state index is 3.34. The van der Waals surface area contributed by atoms with Crippen LogP contribution in [0.1, 0.15) is 11.1 Å². The standard InChI is InChI=1S/C15H18N2/c1-12-4-8-14(9-5-12)16-17(3)15-10-6-13(2)7-11-15/h4-11,16H,1-3H3. The number of hydrazine groups is 1. The third-order valence-electron chi connectivity index (χ3n) is 2.77. The summed E-state index contributed by atoms with van der Waals surface area (Å²) >= 11 is 0. The van der Waals surface area contributed by atoms with Crippen LogP contribution in [-0.4, -0.2) is 7.05 Å². The first-order valence-electron chi connectivity index (χ1n) is 5.79. The minimum Gasteiger partial charge on any atom is -0.299 e. The molecule has 0 aliphatic heterocycles. The normalized spacial score (nSPS) is 10.1. The predicted molar refractivity (Wildman–Crippen MR) is 74.4 cm³/mol. The second kappa shape index (κ2) is 4.91. The van der Waals surface area contributed by atoms with Crippen LogP contribution < -0.4 is 10.4 Å². The molecule has 0 amide bonds. The zero-order valence-corrected chi connectivity index (χ0v) is 10.6. The minimum atomic E-state index is 1.10. The summed E-state index contributed by atoms with van der Waals surface area (Å²) in [7, 11) is 2.02. The SMILES string of the molecule is Cc1ccc(NN(C)c2ccc(C)cc2)cc1. The number of rotatable bonds is 3. The van der Waals surface area contributed by atoms with E-state index in [0.717, 1.165) is 11.4 Å². The van der Waals surface area contributed by atoms with Crippen LogP contribution in [-0.2, 0) is 0 Å². The van der Waals surface area contributed by atoms with Gasteiger partial charge in [0.05, 0.1) is 11.4 Å². The number of anilines is 2. The van der Waals surface area contributed by atoms with Gasteiger partial charge in [-0.15, -0.1) is 0 Å². The fourth-order valence-electron chi connectivity index (χ4n) is 1.65. The van der Waals surface area contributed by atoms with E-state index < -0.39 is 0 Å². The number of nitrogens with one attached hydrogen (secondary N) is 1. The lowest BCUT2D eigenvalue weighted by molar-refractivity contribution is 1.09. The summed E-state index contributed by atoms with van der Waals surface area (Å²) in [6.07, 6.45) is 0. The Bertz CT molecular complexity index is 471. The molecule has 0 radical (unpaired) electrons. The number of hydrogen-bond donors (Lipinski definition) is 1. The van der Waals surface area contributed by atoms with Crippen LogP contribution in [0.2, 0.25) is 0 Å². The highest BCUT2D eigenvalue weighted by Crippen LogP contribution is 2.16. The van der Waals surface area contributed by atoms with Gasteiger partial charge in [-0.2, -0.15) is 0 Å². The van der Waals surface area contributed by atoms with Gasteiger partial charge in [0.15, 0.2) is 0 Å². The molecule has 0 fully saturated rings. The Morgan fingerprint density at radius 3 is 1.76 bits per heavy atom. The Labute approximate surface area is 103 Å². The molecule has 0 atom stereocenters. The lowest BCUT2D eigenvalue weighted by Gasteiger charge is -2.21. The average molecular weight is 226 g/mol. The van der Waals surface area contributed by atoms with E-state index in [2.05, 4.69) is 67.8 Å². The summed E-state index contributed by atoms with van der Waals surface area (Å²) in [5.41, 5.74) is 8.13. The molecule has 2 nitrogen and oxygen atoms in total. The molecule has 0 aromatic heterocycles. The molecular formula is C15H18N2. The van der Waals surface area contributed by atoms with E-state index in [9.17, 15) is 0 Å². The Balaban J connectivity index is 2.08. The lowest BCUT2D eigenvalue weighted by atomic mass is 10.2. The van der Waals surface area contributed by atoms with Crippen LogP contribution in [0.25, 0.3) is 0 Å². The molecular weight excluding hydrogens is 208 g/mol. The summed E-state index contributed by atoms with van der Waals surface area (Å²) in [6.45, 7) is 4.19. The van der Waals surface area contributed by atoms with Crippen molar-refractivity contribution in [3.63, 3.8) is 0 Å². The topological polar surface area (TPSA) is 15.3 Å². The van der Waals surface area contributed by atoms with E-state index in [1.807, 2.05) is 12.1 Å². The molecule has 2 rings (SSSR count). The van der Waals surface area contributed by atoms with Crippen LogP contribution >= 0.6 is 0 Å². The van der Waals surface area contributed by atoms with Crippen molar-refractivity contribution in [3.05, 3.63) is 59.7 Å². The van der Waals surface area contributed by atoms with Crippen molar-refractivity contribution in [2.75, 3.05) is 17.5 Å². The summed E-state index contributed by atoms with van der Waals surface area (Å²) in [6, 6.07) is 16.8. The van der Waals surface area contributed by atoms with Gasteiger partial charge in [0.2, 0.25) is 0 Å². The molecule has 17 heavy (non-hydrogen) atoms. The van der Waals surface area contributed by atoms with Gasteiger partial charge in [0.25, 0.3) is 0 Å². The van der Waals surface area contributed by atoms with Crippen LogP contribution in [0.15, 0.2) is 48.5 Å². The average Bonchev–Trinajstić information content (AvgIpc) is 2.33. The Hall–Kier alpha value is -1.96. The van der Waals surface area contributed by atoms with Crippen LogP contribution in [0, 0.1) is 13.8 Å². The van der Waals surface area contributed by atoms with Crippen molar-refractivity contribution in [1.29, 1.82) is 0 Å². The van der Waals surface area contributed by atoms with Crippen molar-refractivity contribution in [2.45, 2.75) is 13.8 Å². The number of hydrogen-bond acceptors (Lipinski definition) is 2. The first kappa shape index (κ1) is 11.5. The van der Waals surface area contributed by atoms with E-state index in [1.54, 1.807) is 0 Å². The Kier molecular flexibility index (Phi) is 3.33. The molecule has 2 aromatic rings. The highest BCUT2D eigenvalue weighted by molar-refractivity contribution is 5.55. The highest BCUT2D eigenvalue weighted by atomic mass is 15.5. The summed E-state index contributed by atoms with van der Waals surface area (Å²) in [5, 5.41) is 2.02. The zero-order valence-electron chi connectivity index (χ0n) is 10.6. The van der Waals surface area contributed by atoms with Crippen molar-refractivity contribution < 1.29 is 0 Å². The largest absolute Gasteiger partial charge is 0.299 e. The maximum atomic E-state index is 3.34. The van der Waals surface area contributed by atoms with E-state index in [0.29, 0.717) is 0 Å². The van der Waals surface area contributed by atoms with Gasteiger partial charge in [-0.1, -0.05) is 35.4 Å². The lowest BCUT2D eigenvalue weighted by Crippen LogP contribution is -2.24. The van der Waals surface area contributed by atoms with Gasteiger partial charge in [0, 0.05) is 7.05 Å². The fraction of sp³-hybridized carbons (Fsp3) is 0.200. The van der Waals surface area contributed by atoms with Crippen LogP contribution in [0.4, 0.5) is 11.4 Å². The maximum Gasteiger partial charge on any atom is 0.0568 e. The third-order valence-corrected chi connectivity index (χ3v) is 2.77. The molecule has 0 saturated carbocycles. The van der Waals surface area contributed by atoms with Crippen molar-refractivity contribution in [2.24, 2.45) is 0 Å². The molecule has 1 N–H and O–H groups in total. The van der Waals surface area contributed by atoms with Gasteiger partial charge in [-0.05, 0) is 38.1 Å². The molecule has 0 saturated heterocycles. The molecule has 0 unspecified atom stereocenters. The van der Waals surface area contributed by atoms with Crippen molar-refractivity contribution >= 4 is 11.4 Å². The van der Waals surface area contributed by atoms with E-state index in [1.165, 1.54) is 11.1 Å². The molecule has 0 bridgehead atoms. The summed E-state index contributed by atoms with van der Waals surface area (Å²) in [4.78, 5) is 0. The fourth-order valence-corrected chi connectivity index (χ4v) is 1.65. The molecule has 0 spiro atoms. The number of benzene rings is 2. The monoisotopic (exact) mass is 226 g/mol. The second-order valence-electron chi connectivity index (χ2n) is 4.37. The molecule has 0 aliphatic carbocycles. The highest BCUT2D eigenvalue weighted by Gasteiger charge is 1.99. The molecule has 88 valence electrons. The molecule has 0 aliphatic rings. The molecule has 2 aromatic carbocycles. The van der Waals surface area contributed by atoms with Crippen LogP contribution in [0.3, 0.4) is 0 Å². The summed E-state index contributed by atoms with van der Waals surface area (Å²) in [5.74, 6) is 0. The van der Waals surface area contributed by atoms with E-state index in [-0.39, 0.29) is 0 Å². The predicted octanol–water partition coefficient (Wildman–Crippen LogP) is 3.77. The minimum absolute atomic E-state index is 1.10. The summed E-state index contributed by atoms with van der Waals surface area (Å²) < 4.78 is 0. The first-order valence-corrected chi connectivity index (χ1v) is 5.79. The van der Waals surface area contributed by atoms with Gasteiger partial charge in [-0.3, -0.25) is 10.4 Å². The Morgan fingerprint density at radius 2 is 1.24 bits per heavy atom. The van der Waals surface area contributed by atoms with Gasteiger partial charge in [0.1, 0.15) is 0 Å². The van der Waals surface area contributed by atoms with E-state index >= 15 is 0 Å². The third kappa shape index (κ3) is 3.00. The quantitative estimate of drug-likeness (QED) is 0.801. The zero-order chi connectivity index (χ0) is 12.3. The van der Waals surface area contributed by atoms with Gasteiger partial charge >= 0.3 is 0 Å². The van der Waals surface area contributed by atoms with Gasteiger partial charge < -0.3 is 0 Å². The van der Waals surface area contributed by atoms with E-state index in [4.69, 9.17) is 0 Å². The van der Waals surface area contributed by atoms with Gasteiger partial charge in [-0.25, -0.2) is 0 Å². The molecule has 0 heterocycles. The van der Waals surface area contributed by atoms with Crippen molar-refractivity contribution in [1.82, 2.24) is 0 Å². The first-order chi connectivity index (χ1) is 8.15. The van der Waals surface area contributed by atoms with Crippen molar-refractivity contribution in [3.8, 4) is 0 Å². The second-order valence-corrected chi connectivity index (χ2v) is 4.37. The Morgan fingerprint density at radius 1 is 0.765 bits per heavy atom.